The summed E-state index contributed by atoms with van der Waals surface area (Å²) in [6.45, 7) is 0. The van der Waals surface area contributed by atoms with E-state index in [1.54, 1.807) is 29.5 Å². The Balaban J connectivity index is 1.67. The van der Waals surface area contributed by atoms with Gasteiger partial charge in [-0.25, -0.2) is 4.98 Å². The molecule has 25 heavy (non-hydrogen) atoms. The van der Waals surface area contributed by atoms with Crippen molar-refractivity contribution in [1.29, 1.82) is 5.26 Å². The van der Waals surface area contributed by atoms with Crippen molar-refractivity contribution in [2.75, 3.05) is 5.32 Å². The Morgan fingerprint density at radius 1 is 1.44 bits per heavy atom. The quantitative estimate of drug-likeness (QED) is 0.539. The fourth-order valence-corrected chi connectivity index (χ4v) is 4.31. The molecule has 0 unspecified atom stereocenters. The summed E-state index contributed by atoms with van der Waals surface area (Å²) in [7, 11) is 0. The van der Waals surface area contributed by atoms with Gasteiger partial charge < -0.3 is 9.73 Å². The number of fused-ring (bicyclic) bond motifs is 2. The van der Waals surface area contributed by atoms with Crippen LogP contribution in [0.4, 0.5) is 5.00 Å². The van der Waals surface area contributed by atoms with Crippen LogP contribution in [0.5, 0.6) is 0 Å². The molecule has 0 fully saturated rings. The number of benzene rings is 1. The highest BCUT2D eigenvalue weighted by Crippen LogP contribution is 2.38. The SMILES string of the molecule is N#Cc1c(NC=C(C=O)c2nc3cc(Cl)ccc3o2)sc2c1CCC2. The number of hydrogen-bond acceptors (Lipinski definition) is 6. The van der Waals surface area contributed by atoms with Crippen molar-refractivity contribution < 1.29 is 9.21 Å². The summed E-state index contributed by atoms with van der Waals surface area (Å²) in [5.74, 6) is 0.211. The Morgan fingerprint density at radius 2 is 2.32 bits per heavy atom. The molecule has 4 rings (SSSR count). The van der Waals surface area contributed by atoms with Gasteiger partial charge in [0.05, 0.1) is 11.1 Å². The normalized spacial score (nSPS) is 13.7. The van der Waals surface area contributed by atoms with Crippen LogP contribution >= 0.6 is 22.9 Å². The third-order valence-corrected chi connectivity index (χ3v) is 5.57. The monoisotopic (exact) mass is 369 g/mol. The van der Waals surface area contributed by atoms with Crippen LogP contribution in [0.25, 0.3) is 16.7 Å². The number of carbonyl (C=O) groups is 1. The Bertz CT molecular complexity index is 1060. The number of aldehydes is 1. The summed E-state index contributed by atoms with van der Waals surface area (Å²) < 4.78 is 5.61. The van der Waals surface area contributed by atoms with Crippen LogP contribution < -0.4 is 5.32 Å². The maximum absolute atomic E-state index is 11.5. The molecule has 2 aromatic heterocycles. The van der Waals surface area contributed by atoms with Gasteiger partial charge >= 0.3 is 0 Å². The van der Waals surface area contributed by atoms with Gasteiger partial charge in [0.1, 0.15) is 16.6 Å². The Kier molecular flexibility index (Phi) is 4.04. The molecule has 1 N–H and O–H groups in total. The number of anilines is 1. The van der Waals surface area contributed by atoms with Gasteiger partial charge in [0.15, 0.2) is 11.9 Å². The van der Waals surface area contributed by atoms with E-state index in [0.717, 1.165) is 29.8 Å². The van der Waals surface area contributed by atoms with Gasteiger partial charge in [-0.3, -0.25) is 4.79 Å². The third kappa shape index (κ3) is 2.82. The summed E-state index contributed by atoms with van der Waals surface area (Å²) in [6.07, 6.45) is 5.24. The molecule has 1 aliphatic rings. The van der Waals surface area contributed by atoms with Crippen molar-refractivity contribution in [3.8, 4) is 6.07 Å². The lowest BCUT2D eigenvalue weighted by atomic mass is 10.1. The number of hydrogen-bond donors (Lipinski definition) is 1. The van der Waals surface area contributed by atoms with E-state index in [9.17, 15) is 10.1 Å². The number of rotatable bonds is 4. The van der Waals surface area contributed by atoms with Crippen molar-refractivity contribution in [3.63, 3.8) is 0 Å². The second kappa shape index (κ2) is 6.36. The molecule has 7 heteroatoms. The average Bonchev–Trinajstić information content (AvgIpc) is 3.28. The minimum atomic E-state index is 0.211. The minimum Gasteiger partial charge on any atom is -0.436 e. The van der Waals surface area contributed by atoms with Crippen LogP contribution in [-0.4, -0.2) is 11.3 Å². The summed E-state index contributed by atoms with van der Waals surface area (Å²) in [4.78, 5) is 17.0. The Hall–Kier alpha value is -2.62. The molecular formula is C18H12ClN3O2S. The molecule has 0 spiro atoms. The second-order valence-corrected chi connectivity index (χ2v) is 7.21. The van der Waals surface area contributed by atoms with Gasteiger partial charge in [-0.1, -0.05) is 11.6 Å². The zero-order chi connectivity index (χ0) is 17.4. The fourth-order valence-electron chi connectivity index (χ4n) is 2.94. The second-order valence-electron chi connectivity index (χ2n) is 5.67. The molecule has 0 bridgehead atoms. The van der Waals surface area contributed by atoms with E-state index in [4.69, 9.17) is 16.0 Å². The zero-order valence-corrected chi connectivity index (χ0v) is 14.6. The van der Waals surface area contributed by atoms with E-state index in [2.05, 4.69) is 16.4 Å². The summed E-state index contributed by atoms with van der Waals surface area (Å²) in [6, 6.07) is 7.35. The number of nitriles is 1. The predicted octanol–water partition coefficient (Wildman–Crippen LogP) is 4.55. The van der Waals surface area contributed by atoms with Gasteiger partial charge in [0, 0.05) is 16.1 Å². The smallest absolute Gasteiger partial charge is 0.232 e. The lowest BCUT2D eigenvalue weighted by molar-refractivity contribution is -0.103. The van der Waals surface area contributed by atoms with Gasteiger partial charge in [0.25, 0.3) is 0 Å². The van der Waals surface area contributed by atoms with Crippen LogP contribution in [0.3, 0.4) is 0 Å². The molecule has 1 aromatic carbocycles. The van der Waals surface area contributed by atoms with Crippen LogP contribution in [-0.2, 0) is 17.6 Å². The first kappa shape index (κ1) is 15.9. The first-order chi connectivity index (χ1) is 12.2. The van der Waals surface area contributed by atoms with Gasteiger partial charge in [-0.15, -0.1) is 11.3 Å². The first-order valence-electron chi connectivity index (χ1n) is 7.72. The maximum Gasteiger partial charge on any atom is 0.232 e. The van der Waals surface area contributed by atoms with Gasteiger partial charge in [-0.05, 0) is 43.0 Å². The van der Waals surface area contributed by atoms with E-state index in [0.29, 0.717) is 28.0 Å². The van der Waals surface area contributed by atoms with Crippen molar-refractivity contribution >= 4 is 50.9 Å². The molecule has 2 heterocycles. The number of halogens is 1. The third-order valence-electron chi connectivity index (χ3n) is 4.12. The molecule has 0 saturated heterocycles. The number of allylic oxidation sites excluding steroid dienone is 1. The number of oxazole rings is 1. The van der Waals surface area contributed by atoms with Crippen LogP contribution in [0.1, 0.15) is 28.3 Å². The topological polar surface area (TPSA) is 78.9 Å². The summed E-state index contributed by atoms with van der Waals surface area (Å²) in [5.41, 5.74) is 3.21. The van der Waals surface area contributed by atoms with Crippen LogP contribution in [0, 0.1) is 11.3 Å². The summed E-state index contributed by atoms with van der Waals surface area (Å²) in [5, 5.41) is 13.8. The molecule has 0 atom stereocenters. The molecule has 1 aliphatic carbocycles. The van der Waals surface area contributed by atoms with Crippen molar-refractivity contribution in [1.82, 2.24) is 4.98 Å². The minimum absolute atomic E-state index is 0.211. The lowest BCUT2D eigenvalue weighted by Gasteiger charge is -2.00. The molecule has 3 aromatic rings. The highest BCUT2D eigenvalue weighted by atomic mass is 35.5. The average molecular weight is 370 g/mol. The molecular weight excluding hydrogens is 358 g/mol. The summed E-state index contributed by atoms with van der Waals surface area (Å²) >= 11 is 7.51. The Morgan fingerprint density at radius 3 is 3.12 bits per heavy atom. The maximum atomic E-state index is 11.5. The number of nitrogens with zero attached hydrogens (tertiary/aromatic N) is 2. The van der Waals surface area contributed by atoms with E-state index < -0.39 is 0 Å². The largest absolute Gasteiger partial charge is 0.436 e. The number of carbonyl (C=O) groups excluding carboxylic acids is 1. The zero-order valence-electron chi connectivity index (χ0n) is 13.0. The fraction of sp³-hybridized carbons (Fsp3) is 0.167. The van der Waals surface area contributed by atoms with E-state index in [1.807, 2.05) is 0 Å². The van der Waals surface area contributed by atoms with E-state index in [-0.39, 0.29) is 11.5 Å². The van der Waals surface area contributed by atoms with Crippen molar-refractivity contribution in [3.05, 3.63) is 51.3 Å². The van der Waals surface area contributed by atoms with Gasteiger partial charge in [0.2, 0.25) is 5.89 Å². The molecule has 124 valence electrons. The first-order valence-corrected chi connectivity index (χ1v) is 8.92. The molecule has 0 saturated carbocycles. The number of thiophene rings is 1. The molecule has 5 nitrogen and oxygen atoms in total. The van der Waals surface area contributed by atoms with Crippen molar-refractivity contribution in [2.24, 2.45) is 0 Å². The molecule has 0 radical (unpaired) electrons. The van der Waals surface area contributed by atoms with E-state index in [1.165, 1.54) is 11.1 Å². The number of aryl methyl sites for hydroxylation is 1. The lowest BCUT2D eigenvalue weighted by Crippen LogP contribution is -1.94. The van der Waals surface area contributed by atoms with E-state index >= 15 is 0 Å². The number of nitrogens with one attached hydrogen (secondary N) is 1. The molecule has 0 aliphatic heterocycles. The van der Waals surface area contributed by atoms with Crippen LogP contribution in [0.15, 0.2) is 28.8 Å². The Labute approximate surface area is 152 Å². The highest BCUT2D eigenvalue weighted by Gasteiger charge is 2.22. The molecule has 0 amide bonds. The highest BCUT2D eigenvalue weighted by molar-refractivity contribution is 7.16. The number of aromatic nitrogens is 1. The predicted molar refractivity (Wildman–Crippen MR) is 97.7 cm³/mol. The standard InChI is InChI=1S/C18H12ClN3O2S/c19-11-4-5-15-14(6-11)22-17(24-15)10(9-23)8-21-18-13(7-20)12-2-1-3-16(12)25-18/h4-6,8-9,21H,1-3H2. The van der Waals surface area contributed by atoms with Crippen LogP contribution in [0.2, 0.25) is 5.02 Å². The van der Waals surface area contributed by atoms with Gasteiger partial charge in [-0.2, -0.15) is 5.26 Å². The van der Waals surface area contributed by atoms with Crippen molar-refractivity contribution in [2.45, 2.75) is 19.3 Å².